The minimum absolute atomic E-state index is 0.140. The molecule has 0 spiro atoms. The van der Waals surface area contributed by atoms with E-state index in [0.717, 1.165) is 38.3 Å². The van der Waals surface area contributed by atoms with Gasteiger partial charge in [-0.05, 0) is 40.1 Å². The Morgan fingerprint density at radius 1 is 1.00 bits per heavy atom. The summed E-state index contributed by atoms with van der Waals surface area (Å²) < 4.78 is 5.15. The van der Waals surface area contributed by atoms with E-state index in [1.165, 1.54) is 16.3 Å². The van der Waals surface area contributed by atoms with Gasteiger partial charge in [0.2, 0.25) is 0 Å². The number of piperazine rings is 1. The molecule has 0 aromatic heterocycles. The third kappa shape index (κ3) is 4.10. The van der Waals surface area contributed by atoms with Crippen LogP contribution in [0, 0.1) is 0 Å². The maximum atomic E-state index is 9.68. The Morgan fingerprint density at radius 2 is 1.79 bits per heavy atom. The van der Waals surface area contributed by atoms with Crippen LogP contribution in [0.5, 0.6) is 11.5 Å². The van der Waals surface area contributed by atoms with Crippen molar-refractivity contribution in [1.82, 2.24) is 9.91 Å². The number of methoxy groups -OCH3 is 1. The zero-order valence-electron chi connectivity index (χ0n) is 16.1. The number of rotatable bonds is 5. The van der Waals surface area contributed by atoms with Crippen molar-refractivity contribution >= 4 is 17.0 Å². The standard InChI is InChI=1S/C23H25N3O2/c1-28-23-15-18(9-10-22(23)27)16-24-26-13-11-25(12-14-26)17-20-7-4-6-19-5-2-3-8-21(19)20/h2-10,15-16,27H,11-14,17H2,1H3. The van der Waals surface area contributed by atoms with Crippen LogP contribution in [-0.2, 0) is 6.54 Å². The van der Waals surface area contributed by atoms with Crippen LogP contribution in [0.3, 0.4) is 0 Å². The summed E-state index contributed by atoms with van der Waals surface area (Å²) in [5.74, 6) is 0.602. The van der Waals surface area contributed by atoms with Crippen LogP contribution in [0.2, 0.25) is 0 Å². The topological polar surface area (TPSA) is 48.3 Å². The predicted octanol–water partition coefficient (Wildman–Crippen LogP) is 3.71. The van der Waals surface area contributed by atoms with Crippen LogP contribution in [0.25, 0.3) is 10.8 Å². The molecule has 0 radical (unpaired) electrons. The van der Waals surface area contributed by atoms with Crippen molar-refractivity contribution in [3.63, 3.8) is 0 Å². The molecule has 28 heavy (non-hydrogen) atoms. The van der Waals surface area contributed by atoms with E-state index in [-0.39, 0.29) is 5.75 Å². The lowest BCUT2D eigenvalue weighted by atomic mass is 10.0. The molecule has 3 aromatic carbocycles. The number of ether oxygens (including phenoxy) is 1. The van der Waals surface area contributed by atoms with E-state index in [4.69, 9.17) is 4.74 Å². The molecule has 1 saturated heterocycles. The van der Waals surface area contributed by atoms with E-state index in [0.29, 0.717) is 5.75 Å². The van der Waals surface area contributed by atoms with E-state index in [1.54, 1.807) is 19.2 Å². The van der Waals surface area contributed by atoms with Gasteiger partial charge in [-0.3, -0.25) is 9.91 Å². The number of nitrogens with zero attached hydrogens (tertiary/aromatic N) is 3. The summed E-state index contributed by atoms with van der Waals surface area (Å²) in [6.07, 6.45) is 1.82. The number of aromatic hydroxyl groups is 1. The Bertz CT molecular complexity index is 973. The number of fused-ring (bicyclic) bond motifs is 1. The van der Waals surface area contributed by atoms with Crippen LogP contribution >= 0.6 is 0 Å². The fourth-order valence-electron chi connectivity index (χ4n) is 3.61. The van der Waals surface area contributed by atoms with Gasteiger partial charge in [0.1, 0.15) is 0 Å². The highest BCUT2D eigenvalue weighted by Crippen LogP contribution is 2.25. The zero-order chi connectivity index (χ0) is 19.3. The predicted molar refractivity (Wildman–Crippen MR) is 113 cm³/mol. The largest absolute Gasteiger partial charge is 0.504 e. The Hall–Kier alpha value is -3.05. The fourth-order valence-corrected chi connectivity index (χ4v) is 3.61. The second kappa shape index (κ2) is 8.31. The molecule has 1 aliphatic heterocycles. The molecule has 4 rings (SSSR count). The number of hydrogen-bond acceptors (Lipinski definition) is 5. The summed E-state index contributed by atoms with van der Waals surface area (Å²) in [6.45, 7) is 4.74. The highest BCUT2D eigenvalue weighted by molar-refractivity contribution is 5.85. The Balaban J connectivity index is 1.36. The quantitative estimate of drug-likeness (QED) is 0.691. The molecule has 0 atom stereocenters. The van der Waals surface area contributed by atoms with Crippen LogP contribution < -0.4 is 4.74 Å². The molecule has 0 bridgehead atoms. The van der Waals surface area contributed by atoms with Crippen molar-refractivity contribution in [2.75, 3.05) is 33.3 Å². The summed E-state index contributed by atoms with van der Waals surface area (Å²) in [6, 6.07) is 20.4. The van der Waals surface area contributed by atoms with Gasteiger partial charge in [0.25, 0.3) is 0 Å². The second-order valence-electron chi connectivity index (χ2n) is 7.04. The zero-order valence-corrected chi connectivity index (χ0v) is 16.1. The number of benzene rings is 3. The molecule has 1 aliphatic rings. The van der Waals surface area contributed by atoms with E-state index < -0.39 is 0 Å². The van der Waals surface area contributed by atoms with Gasteiger partial charge in [0.15, 0.2) is 11.5 Å². The number of hydrazone groups is 1. The van der Waals surface area contributed by atoms with E-state index in [9.17, 15) is 5.11 Å². The van der Waals surface area contributed by atoms with Gasteiger partial charge in [-0.1, -0.05) is 42.5 Å². The Labute approximate surface area is 165 Å². The van der Waals surface area contributed by atoms with Gasteiger partial charge in [0, 0.05) is 32.7 Å². The molecule has 5 heteroatoms. The first kappa shape index (κ1) is 18.3. The van der Waals surface area contributed by atoms with E-state index in [2.05, 4.69) is 57.5 Å². The number of hydrogen-bond donors (Lipinski definition) is 1. The van der Waals surface area contributed by atoms with Crippen molar-refractivity contribution in [2.24, 2.45) is 5.10 Å². The van der Waals surface area contributed by atoms with Gasteiger partial charge in [0.05, 0.1) is 13.3 Å². The number of phenols is 1. The highest BCUT2D eigenvalue weighted by atomic mass is 16.5. The monoisotopic (exact) mass is 375 g/mol. The smallest absolute Gasteiger partial charge is 0.161 e. The maximum absolute atomic E-state index is 9.68. The van der Waals surface area contributed by atoms with Crippen LogP contribution in [0.4, 0.5) is 0 Å². The van der Waals surface area contributed by atoms with E-state index >= 15 is 0 Å². The van der Waals surface area contributed by atoms with Crippen LogP contribution in [0.1, 0.15) is 11.1 Å². The molecule has 0 saturated carbocycles. The van der Waals surface area contributed by atoms with Crippen molar-refractivity contribution < 1.29 is 9.84 Å². The van der Waals surface area contributed by atoms with E-state index in [1.807, 2.05) is 12.3 Å². The Morgan fingerprint density at radius 3 is 2.61 bits per heavy atom. The molecule has 0 unspecified atom stereocenters. The first-order valence-electron chi connectivity index (χ1n) is 9.58. The summed E-state index contributed by atoms with van der Waals surface area (Å²) in [5, 5.41) is 19.0. The molecule has 1 fully saturated rings. The SMILES string of the molecule is COc1cc(C=NN2CCN(Cc3cccc4ccccc34)CC2)ccc1O. The lowest BCUT2D eigenvalue weighted by Crippen LogP contribution is -2.43. The normalized spacial score (nSPS) is 15.4. The maximum Gasteiger partial charge on any atom is 0.161 e. The summed E-state index contributed by atoms with van der Waals surface area (Å²) in [4.78, 5) is 2.48. The van der Waals surface area contributed by atoms with Crippen molar-refractivity contribution in [3.8, 4) is 11.5 Å². The fraction of sp³-hybridized carbons (Fsp3) is 0.261. The molecule has 3 aromatic rings. The minimum Gasteiger partial charge on any atom is -0.504 e. The first-order valence-corrected chi connectivity index (χ1v) is 9.58. The summed E-state index contributed by atoms with van der Waals surface area (Å²) in [7, 11) is 1.55. The third-order valence-electron chi connectivity index (χ3n) is 5.20. The number of phenolic OH excluding ortho intramolecular Hbond substituents is 1. The average Bonchev–Trinajstić information content (AvgIpc) is 2.74. The second-order valence-corrected chi connectivity index (χ2v) is 7.04. The molecular formula is C23H25N3O2. The lowest BCUT2D eigenvalue weighted by Gasteiger charge is -2.33. The Kier molecular flexibility index (Phi) is 5.44. The van der Waals surface area contributed by atoms with Crippen LogP contribution in [0.15, 0.2) is 65.8 Å². The summed E-state index contributed by atoms with van der Waals surface area (Å²) in [5.41, 5.74) is 2.29. The first-order chi connectivity index (χ1) is 13.7. The average molecular weight is 375 g/mol. The highest BCUT2D eigenvalue weighted by Gasteiger charge is 2.16. The molecule has 1 N–H and O–H groups in total. The van der Waals surface area contributed by atoms with Gasteiger partial charge < -0.3 is 9.84 Å². The minimum atomic E-state index is 0.140. The van der Waals surface area contributed by atoms with Crippen molar-refractivity contribution in [3.05, 3.63) is 71.8 Å². The molecule has 1 heterocycles. The van der Waals surface area contributed by atoms with Crippen LogP contribution in [-0.4, -0.2) is 54.5 Å². The third-order valence-corrected chi connectivity index (χ3v) is 5.20. The molecule has 144 valence electrons. The van der Waals surface area contributed by atoms with Gasteiger partial charge >= 0.3 is 0 Å². The molecular weight excluding hydrogens is 350 g/mol. The van der Waals surface area contributed by atoms with Crippen molar-refractivity contribution in [1.29, 1.82) is 0 Å². The molecule has 0 amide bonds. The van der Waals surface area contributed by atoms with Gasteiger partial charge in [-0.15, -0.1) is 0 Å². The van der Waals surface area contributed by atoms with Gasteiger partial charge in [-0.2, -0.15) is 5.10 Å². The lowest BCUT2D eigenvalue weighted by molar-refractivity contribution is 0.131. The van der Waals surface area contributed by atoms with Crippen molar-refractivity contribution in [2.45, 2.75) is 6.54 Å². The summed E-state index contributed by atoms with van der Waals surface area (Å²) >= 11 is 0. The molecule has 0 aliphatic carbocycles. The molecule has 5 nitrogen and oxygen atoms in total. The van der Waals surface area contributed by atoms with Gasteiger partial charge in [-0.25, -0.2) is 0 Å².